The Balaban J connectivity index is 1.71. The van der Waals surface area contributed by atoms with Crippen LogP contribution in [0.25, 0.3) is 0 Å². The Hall–Kier alpha value is -1.30. The molecule has 0 atom stereocenters. The first-order valence-electron chi connectivity index (χ1n) is 10.8. The molecule has 2 aliphatic rings. The minimum absolute atomic E-state index is 0.329. The lowest BCUT2D eigenvalue weighted by Gasteiger charge is -2.32. The Morgan fingerprint density at radius 1 is 1.12 bits per heavy atom. The van der Waals surface area contributed by atoms with E-state index >= 15 is 0 Å². The number of carbonyl (C=O) groups is 1. The highest BCUT2D eigenvalue weighted by Crippen LogP contribution is 2.12. The van der Waals surface area contributed by atoms with Gasteiger partial charge in [-0.3, -0.25) is 9.79 Å². The summed E-state index contributed by atoms with van der Waals surface area (Å²) in [5.41, 5.74) is 0. The largest absolute Gasteiger partial charge is 0.357 e. The monoisotopic (exact) mass is 365 g/mol. The third-order valence-electron chi connectivity index (χ3n) is 5.34. The zero-order valence-electron chi connectivity index (χ0n) is 16.9. The summed E-state index contributed by atoms with van der Waals surface area (Å²) in [6.45, 7) is 11.4. The zero-order valence-corrected chi connectivity index (χ0v) is 16.9. The summed E-state index contributed by atoms with van der Waals surface area (Å²) in [6.07, 6.45) is 8.67. The van der Waals surface area contributed by atoms with E-state index < -0.39 is 0 Å². The first-order valence-corrected chi connectivity index (χ1v) is 10.8. The number of hydrogen-bond acceptors (Lipinski definition) is 3. The van der Waals surface area contributed by atoms with Gasteiger partial charge in [-0.2, -0.15) is 0 Å². The van der Waals surface area contributed by atoms with Gasteiger partial charge in [0.2, 0.25) is 5.91 Å². The van der Waals surface area contributed by atoms with Crippen LogP contribution in [0.1, 0.15) is 65.2 Å². The van der Waals surface area contributed by atoms with Crippen LogP contribution in [0, 0.1) is 0 Å². The molecule has 6 heteroatoms. The van der Waals surface area contributed by atoms with Gasteiger partial charge in [-0.25, -0.2) is 0 Å². The normalized spacial score (nSPS) is 20.9. The number of amides is 1. The van der Waals surface area contributed by atoms with Crippen LogP contribution >= 0.6 is 0 Å². The molecule has 0 aromatic heterocycles. The fraction of sp³-hybridized carbons (Fsp3) is 0.900. The van der Waals surface area contributed by atoms with Crippen molar-refractivity contribution >= 4 is 11.9 Å². The van der Waals surface area contributed by atoms with Gasteiger partial charge in [0, 0.05) is 51.7 Å². The highest BCUT2D eigenvalue weighted by molar-refractivity contribution is 5.80. The lowest BCUT2D eigenvalue weighted by atomic mass is 10.1. The van der Waals surface area contributed by atoms with Gasteiger partial charge >= 0.3 is 0 Å². The third kappa shape index (κ3) is 7.52. The van der Waals surface area contributed by atoms with Crippen molar-refractivity contribution < 1.29 is 4.79 Å². The van der Waals surface area contributed by atoms with Gasteiger partial charge in [0.05, 0.1) is 0 Å². The van der Waals surface area contributed by atoms with Gasteiger partial charge in [-0.05, 0) is 52.0 Å². The van der Waals surface area contributed by atoms with E-state index in [0.717, 1.165) is 57.8 Å². The van der Waals surface area contributed by atoms with Gasteiger partial charge in [-0.1, -0.05) is 13.3 Å². The average Bonchev–Trinajstić information content (AvgIpc) is 2.85. The molecular formula is C20H39N5O. The van der Waals surface area contributed by atoms with Crippen molar-refractivity contribution in [1.29, 1.82) is 0 Å². The Morgan fingerprint density at radius 2 is 1.92 bits per heavy atom. The van der Waals surface area contributed by atoms with Crippen LogP contribution in [0.4, 0.5) is 0 Å². The van der Waals surface area contributed by atoms with Crippen molar-refractivity contribution in [3.05, 3.63) is 0 Å². The molecular weight excluding hydrogens is 326 g/mol. The van der Waals surface area contributed by atoms with Crippen molar-refractivity contribution in [3.8, 4) is 0 Å². The van der Waals surface area contributed by atoms with Gasteiger partial charge in [-0.15, -0.1) is 0 Å². The Kier molecular flexibility index (Phi) is 9.82. The maximum Gasteiger partial charge on any atom is 0.222 e. The molecule has 26 heavy (non-hydrogen) atoms. The molecule has 2 N–H and O–H groups in total. The molecule has 0 saturated carbocycles. The number of rotatable bonds is 8. The molecule has 150 valence electrons. The molecule has 2 rings (SSSR count). The predicted octanol–water partition coefficient (Wildman–Crippen LogP) is 2.21. The van der Waals surface area contributed by atoms with Crippen LogP contribution in [0.5, 0.6) is 0 Å². The standard InChI is InChI=1S/C20H39N5O/c1-3-13-24-16-10-18(11-17-24)23-20(21-4-2)22-12-8-15-25-14-7-5-6-9-19(25)26/h18H,3-17H2,1-2H3,(H2,21,22,23). The number of guanidine groups is 1. The summed E-state index contributed by atoms with van der Waals surface area (Å²) in [7, 11) is 0. The van der Waals surface area contributed by atoms with Crippen molar-refractivity contribution in [1.82, 2.24) is 20.4 Å². The number of aliphatic imine (C=N–C) groups is 1. The summed E-state index contributed by atoms with van der Waals surface area (Å²) in [6, 6.07) is 0.521. The molecule has 2 aliphatic heterocycles. The van der Waals surface area contributed by atoms with E-state index in [1.165, 1.54) is 45.3 Å². The highest BCUT2D eigenvalue weighted by Gasteiger charge is 2.19. The topological polar surface area (TPSA) is 60.0 Å². The van der Waals surface area contributed by atoms with Crippen molar-refractivity contribution in [2.75, 3.05) is 45.8 Å². The summed E-state index contributed by atoms with van der Waals surface area (Å²) in [4.78, 5) is 21.4. The lowest BCUT2D eigenvalue weighted by Crippen LogP contribution is -2.48. The van der Waals surface area contributed by atoms with E-state index in [4.69, 9.17) is 4.99 Å². The molecule has 6 nitrogen and oxygen atoms in total. The summed E-state index contributed by atoms with van der Waals surface area (Å²) >= 11 is 0. The maximum absolute atomic E-state index is 12.0. The van der Waals surface area contributed by atoms with Gasteiger partial charge < -0.3 is 20.4 Å². The molecule has 0 bridgehead atoms. The molecule has 2 heterocycles. The Labute approximate surface area is 159 Å². The van der Waals surface area contributed by atoms with Crippen LogP contribution in [-0.4, -0.2) is 73.5 Å². The summed E-state index contributed by atoms with van der Waals surface area (Å²) < 4.78 is 0. The summed E-state index contributed by atoms with van der Waals surface area (Å²) in [5, 5.41) is 6.98. The third-order valence-corrected chi connectivity index (χ3v) is 5.34. The number of carbonyl (C=O) groups excluding carboxylic acids is 1. The Morgan fingerprint density at radius 3 is 2.65 bits per heavy atom. The minimum Gasteiger partial charge on any atom is -0.357 e. The zero-order chi connectivity index (χ0) is 18.6. The molecule has 1 amide bonds. The molecule has 0 aromatic carbocycles. The number of piperidine rings is 1. The van der Waals surface area contributed by atoms with Gasteiger partial charge in [0.15, 0.2) is 5.96 Å². The molecule has 0 radical (unpaired) electrons. The summed E-state index contributed by atoms with van der Waals surface area (Å²) in [5.74, 6) is 1.26. The van der Waals surface area contributed by atoms with Crippen LogP contribution in [0.2, 0.25) is 0 Å². The fourth-order valence-corrected chi connectivity index (χ4v) is 3.86. The van der Waals surface area contributed by atoms with Gasteiger partial charge in [0.25, 0.3) is 0 Å². The Bertz CT molecular complexity index is 432. The molecule has 0 aromatic rings. The number of nitrogens with zero attached hydrogens (tertiary/aromatic N) is 3. The lowest BCUT2D eigenvalue weighted by molar-refractivity contribution is -0.130. The van der Waals surface area contributed by atoms with E-state index in [1.54, 1.807) is 0 Å². The van der Waals surface area contributed by atoms with Crippen molar-refractivity contribution in [2.24, 2.45) is 4.99 Å². The number of hydrogen-bond donors (Lipinski definition) is 2. The first-order chi connectivity index (χ1) is 12.7. The van der Waals surface area contributed by atoms with Crippen molar-refractivity contribution in [2.45, 2.75) is 71.3 Å². The molecule has 2 saturated heterocycles. The van der Waals surface area contributed by atoms with E-state index in [9.17, 15) is 4.79 Å². The van der Waals surface area contributed by atoms with E-state index in [1.807, 2.05) is 4.90 Å². The first kappa shape index (κ1) is 21.0. The van der Waals surface area contributed by atoms with Gasteiger partial charge in [0.1, 0.15) is 0 Å². The van der Waals surface area contributed by atoms with Crippen molar-refractivity contribution in [3.63, 3.8) is 0 Å². The average molecular weight is 366 g/mol. The second-order valence-corrected chi connectivity index (χ2v) is 7.57. The fourth-order valence-electron chi connectivity index (χ4n) is 3.86. The molecule has 2 fully saturated rings. The molecule has 0 aliphatic carbocycles. The van der Waals surface area contributed by atoms with Crippen LogP contribution in [0.15, 0.2) is 4.99 Å². The van der Waals surface area contributed by atoms with E-state index in [0.29, 0.717) is 11.9 Å². The van der Waals surface area contributed by atoms with E-state index in [-0.39, 0.29) is 0 Å². The number of nitrogens with one attached hydrogen (secondary N) is 2. The van der Waals surface area contributed by atoms with E-state index in [2.05, 4.69) is 29.4 Å². The van der Waals surface area contributed by atoms with Crippen LogP contribution < -0.4 is 10.6 Å². The second kappa shape index (κ2) is 12.2. The quantitative estimate of drug-likeness (QED) is 0.393. The smallest absolute Gasteiger partial charge is 0.222 e. The SMILES string of the molecule is CCCN1CCC(NC(=NCCCN2CCCCCC2=O)NCC)CC1. The maximum atomic E-state index is 12.0. The molecule has 0 unspecified atom stereocenters. The van der Waals surface area contributed by atoms with Crippen LogP contribution in [0.3, 0.4) is 0 Å². The minimum atomic E-state index is 0.329. The molecule has 0 spiro atoms. The van der Waals surface area contributed by atoms with Crippen LogP contribution in [-0.2, 0) is 4.79 Å². The predicted molar refractivity (Wildman–Crippen MR) is 109 cm³/mol. The second-order valence-electron chi connectivity index (χ2n) is 7.57. The number of likely N-dealkylation sites (tertiary alicyclic amines) is 2. The highest BCUT2D eigenvalue weighted by atomic mass is 16.2.